The quantitative estimate of drug-likeness (QED) is 0.333. The number of ether oxygens (including phenoxy) is 2. The molecule has 2 aromatic carbocycles. The molecule has 0 saturated heterocycles. The van der Waals surface area contributed by atoms with Gasteiger partial charge in [-0.1, -0.05) is 0 Å². The average Bonchev–Trinajstić information content (AvgIpc) is 2.84. The van der Waals surface area contributed by atoms with E-state index < -0.39 is 59.1 Å². The lowest BCUT2D eigenvalue weighted by Crippen LogP contribution is -2.35. The van der Waals surface area contributed by atoms with Crippen molar-refractivity contribution in [3.05, 3.63) is 59.2 Å². The fourth-order valence-corrected chi connectivity index (χ4v) is 3.76. The van der Waals surface area contributed by atoms with Crippen molar-refractivity contribution in [1.29, 1.82) is 0 Å². The Kier molecular flexibility index (Phi) is 8.90. The smallest absolute Gasteiger partial charge is 0.487 e. The molecule has 37 heavy (non-hydrogen) atoms. The summed E-state index contributed by atoms with van der Waals surface area (Å²) in [5.41, 5.74) is -0.535. The maximum Gasteiger partial charge on any atom is 0.573 e. The van der Waals surface area contributed by atoms with Crippen LogP contribution in [0, 0.1) is 17.6 Å². The van der Waals surface area contributed by atoms with E-state index in [4.69, 9.17) is 9.84 Å². The van der Waals surface area contributed by atoms with Crippen LogP contribution in [0.25, 0.3) is 0 Å². The molecule has 13 heteroatoms. The predicted molar refractivity (Wildman–Crippen MR) is 118 cm³/mol. The van der Waals surface area contributed by atoms with Crippen molar-refractivity contribution in [3.8, 4) is 11.5 Å². The second-order valence-corrected chi connectivity index (χ2v) is 8.25. The van der Waals surface area contributed by atoms with E-state index in [0.717, 1.165) is 36.4 Å². The number of amides is 2. The first-order chi connectivity index (χ1) is 17.4. The number of hydrogen-bond acceptors (Lipinski definition) is 5. The summed E-state index contributed by atoms with van der Waals surface area (Å²) < 4.78 is 74.7. The number of hydrogen-bond donors (Lipinski definition) is 3. The molecular weight excluding hydrogens is 507 g/mol. The molecule has 0 atom stereocenters. The van der Waals surface area contributed by atoms with Gasteiger partial charge < -0.3 is 25.2 Å². The van der Waals surface area contributed by atoms with E-state index in [9.17, 15) is 36.3 Å². The molecule has 0 radical (unpaired) electrons. The zero-order valence-electron chi connectivity index (χ0n) is 19.2. The third-order valence-corrected chi connectivity index (χ3v) is 5.65. The van der Waals surface area contributed by atoms with Gasteiger partial charge in [0.1, 0.15) is 5.75 Å². The van der Waals surface area contributed by atoms with Crippen LogP contribution in [0.5, 0.6) is 11.5 Å². The van der Waals surface area contributed by atoms with Gasteiger partial charge in [0.2, 0.25) is 5.82 Å². The summed E-state index contributed by atoms with van der Waals surface area (Å²) >= 11 is 0. The van der Waals surface area contributed by atoms with Crippen molar-refractivity contribution in [2.75, 3.05) is 13.1 Å². The lowest BCUT2D eigenvalue weighted by atomic mass is 9.87. The maximum atomic E-state index is 14.5. The molecule has 0 spiro atoms. The number of benzene rings is 2. The van der Waals surface area contributed by atoms with E-state index in [0.29, 0.717) is 25.7 Å². The van der Waals surface area contributed by atoms with Gasteiger partial charge in [-0.15, -0.1) is 13.2 Å². The number of carboxylic acids is 1. The highest BCUT2D eigenvalue weighted by Crippen LogP contribution is 2.30. The normalized spacial score (nSPS) is 17.5. The predicted octanol–water partition coefficient (Wildman–Crippen LogP) is 4.05. The van der Waals surface area contributed by atoms with Crippen LogP contribution in [0.4, 0.5) is 22.0 Å². The third kappa shape index (κ3) is 7.79. The molecule has 0 aromatic heterocycles. The van der Waals surface area contributed by atoms with Crippen LogP contribution >= 0.6 is 0 Å². The molecule has 0 unspecified atom stereocenters. The maximum absolute atomic E-state index is 14.5. The van der Waals surface area contributed by atoms with Gasteiger partial charge in [0.05, 0.1) is 17.6 Å². The molecule has 3 rings (SSSR count). The van der Waals surface area contributed by atoms with Crippen LogP contribution in [-0.2, 0) is 4.79 Å². The van der Waals surface area contributed by atoms with Crippen LogP contribution in [0.3, 0.4) is 0 Å². The largest absolute Gasteiger partial charge is 0.573 e. The molecule has 3 N–H and O–H groups in total. The minimum atomic E-state index is -4.86. The summed E-state index contributed by atoms with van der Waals surface area (Å²) in [6.07, 6.45) is -3.87. The number of nitrogens with one attached hydrogen (secondary N) is 2. The van der Waals surface area contributed by atoms with Gasteiger partial charge in [0, 0.05) is 18.7 Å². The minimum Gasteiger partial charge on any atom is -0.487 e. The number of carboxylic acid groups (broad SMARTS) is 1. The van der Waals surface area contributed by atoms with Crippen molar-refractivity contribution in [2.24, 2.45) is 5.92 Å². The molecule has 0 heterocycles. The first-order valence-corrected chi connectivity index (χ1v) is 11.2. The number of halogens is 5. The molecule has 0 aliphatic heterocycles. The highest BCUT2D eigenvalue weighted by molar-refractivity contribution is 5.95. The van der Waals surface area contributed by atoms with Crippen LogP contribution in [-0.4, -0.2) is 48.4 Å². The molecular formula is C24H23F5N2O6. The molecule has 1 aliphatic carbocycles. The minimum absolute atomic E-state index is 0.0426. The van der Waals surface area contributed by atoms with Gasteiger partial charge in [0.25, 0.3) is 11.8 Å². The molecule has 1 aliphatic rings. The number of rotatable bonds is 9. The zero-order chi connectivity index (χ0) is 27.2. The van der Waals surface area contributed by atoms with Gasteiger partial charge in [-0.2, -0.15) is 4.39 Å². The van der Waals surface area contributed by atoms with Crippen LogP contribution in [0.1, 0.15) is 46.4 Å². The molecule has 1 saturated carbocycles. The first-order valence-electron chi connectivity index (χ1n) is 11.2. The summed E-state index contributed by atoms with van der Waals surface area (Å²) in [7, 11) is 0. The lowest BCUT2D eigenvalue weighted by molar-refractivity contribution is -0.274. The Hall–Kier alpha value is -3.90. The standard InChI is InChI=1S/C24H23F5N2O6/c25-19-17(9-10-18(20(19)26)36-15-5-3-14(4-6-15)23(34)35)22(33)31-12-11-30-21(32)13-1-7-16(8-2-13)37-24(27,28)29/h1-2,7-10,14-15H,3-6,11-12H2,(H,30,32)(H,31,33)(H,34,35). The van der Waals surface area contributed by atoms with E-state index in [-0.39, 0.29) is 24.4 Å². The van der Waals surface area contributed by atoms with Gasteiger partial charge in [-0.25, -0.2) is 4.39 Å². The Morgan fingerprint density at radius 3 is 2.03 bits per heavy atom. The van der Waals surface area contributed by atoms with Crippen LogP contribution in [0.2, 0.25) is 0 Å². The van der Waals surface area contributed by atoms with Gasteiger partial charge in [-0.3, -0.25) is 14.4 Å². The Balaban J connectivity index is 1.46. The third-order valence-electron chi connectivity index (χ3n) is 5.65. The van der Waals surface area contributed by atoms with E-state index in [1.54, 1.807) is 0 Å². The monoisotopic (exact) mass is 530 g/mol. The Labute approximate surface area is 207 Å². The molecule has 200 valence electrons. The van der Waals surface area contributed by atoms with Crippen molar-refractivity contribution in [2.45, 2.75) is 38.1 Å². The Morgan fingerprint density at radius 1 is 0.865 bits per heavy atom. The van der Waals surface area contributed by atoms with E-state index in [1.165, 1.54) is 0 Å². The second-order valence-electron chi connectivity index (χ2n) is 8.25. The Morgan fingerprint density at radius 2 is 1.46 bits per heavy atom. The zero-order valence-corrected chi connectivity index (χ0v) is 19.2. The van der Waals surface area contributed by atoms with E-state index >= 15 is 0 Å². The van der Waals surface area contributed by atoms with E-state index in [1.807, 2.05) is 0 Å². The van der Waals surface area contributed by atoms with Crippen molar-refractivity contribution < 1.29 is 50.9 Å². The molecule has 8 nitrogen and oxygen atoms in total. The van der Waals surface area contributed by atoms with Gasteiger partial charge >= 0.3 is 12.3 Å². The summed E-state index contributed by atoms with van der Waals surface area (Å²) in [5.74, 6) is -6.61. The number of alkyl halides is 3. The van der Waals surface area contributed by atoms with E-state index in [2.05, 4.69) is 15.4 Å². The molecule has 2 aromatic rings. The second kappa shape index (κ2) is 11.9. The average molecular weight is 530 g/mol. The topological polar surface area (TPSA) is 114 Å². The van der Waals surface area contributed by atoms with Crippen molar-refractivity contribution >= 4 is 17.8 Å². The Bertz CT molecular complexity index is 1130. The molecule has 2 amide bonds. The number of carbonyl (C=O) groups excluding carboxylic acids is 2. The number of aliphatic carboxylic acids is 1. The number of carbonyl (C=O) groups is 3. The summed E-state index contributed by atoms with van der Waals surface area (Å²) in [6.45, 7) is -0.248. The first kappa shape index (κ1) is 27.7. The van der Waals surface area contributed by atoms with Crippen molar-refractivity contribution in [3.63, 3.8) is 0 Å². The fraction of sp³-hybridized carbons (Fsp3) is 0.375. The summed E-state index contributed by atoms with van der Waals surface area (Å²) in [6, 6.07) is 6.34. The fourth-order valence-electron chi connectivity index (χ4n) is 3.76. The summed E-state index contributed by atoms with van der Waals surface area (Å²) in [5, 5.41) is 13.8. The SMILES string of the molecule is O=C(NCCNC(=O)c1ccc(OC2CCC(C(=O)O)CC2)c(F)c1F)c1ccc(OC(F)(F)F)cc1. The van der Waals surface area contributed by atoms with Crippen LogP contribution in [0.15, 0.2) is 36.4 Å². The highest BCUT2D eigenvalue weighted by atomic mass is 19.4. The van der Waals surface area contributed by atoms with Crippen molar-refractivity contribution in [1.82, 2.24) is 10.6 Å². The molecule has 1 fully saturated rings. The van der Waals surface area contributed by atoms with Crippen LogP contribution < -0.4 is 20.1 Å². The van der Waals surface area contributed by atoms with Gasteiger partial charge in [-0.05, 0) is 62.1 Å². The van der Waals surface area contributed by atoms with Gasteiger partial charge in [0.15, 0.2) is 11.6 Å². The highest BCUT2D eigenvalue weighted by Gasteiger charge is 2.31. The molecule has 0 bridgehead atoms. The summed E-state index contributed by atoms with van der Waals surface area (Å²) in [4.78, 5) is 35.3. The lowest BCUT2D eigenvalue weighted by Gasteiger charge is -2.27.